The normalized spacial score (nSPS) is 16.1. The van der Waals surface area contributed by atoms with Crippen molar-refractivity contribution in [2.24, 2.45) is 0 Å². The Labute approximate surface area is 235 Å². The second-order valence-electron chi connectivity index (χ2n) is 9.70. The van der Waals surface area contributed by atoms with Gasteiger partial charge in [0.25, 0.3) is 11.5 Å². The summed E-state index contributed by atoms with van der Waals surface area (Å²) in [4.78, 5) is 52.9. The topological polar surface area (TPSA) is 171 Å². The van der Waals surface area contributed by atoms with Crippen molar-refractivity contribution in [1.29, 1.82) is 0 Å². The quantitative estimate of drug-likeness (QED) is 0.274. The SMILES string of the molecule is Cc1ncccc1-c1onc(C(=O)Nc2cnc3n(c2=O)[C@H](C(=O)NCc2cc4cnc(N)cc4s2)C[C@H]3C)c1F. The number of halogens is 1. The summed E-state index contributed by atoms with van der Waals surface area (Å²) in [5.41, 5.74) is 5.10. The van der Waals surface area contributed by atoms with E-state index >= 15 is 4.39 Å². The summed E-state index contributed by atoms with van der Waals surface area (Å²) in [6.07, 6.45) is 4.77. The predicted octanol–water partition coefficient (Wildman–Crippen LogP) is 3.55. The molecule has 0 saturated heterocycles. The number of rotatable bonds is 6. The molecule has 14 heteroatoms. The average Bonchev–Trinajstić information content (AvgIpc) is 3.64. The van der Waals surface area contributed by atoms with E-state index < -0.39 is 29.0 Å². The zero-order valence-corrected chi connectivity index (χ0v) is 22.7. The Morgan fingerprint density at radius 1 is 1.24 bits per heavy atom. The van der Waals surface area contributed by atoms with Crippen molar-refractivity contribution in [1.82, 2.24) is 30.0 Å². The molecule has 0 radical (unpaired) electrons. The maximum atomic E-state index is 15.1. The van der Waals surface area contributed by atoms with Crippen LogP contribution >= 0.6 is 11.3 Å². The maximum absolute atomic E-state index is 15.1. The smallest absolute Gasteiger partial charge is 0.281 e. The largest absolute Gasteiger partial charge is 0.384 e. The molecule has 6 heterocycles. The third kappa shape index (κ3) is 4.71. The Morgan fingerprint density at radius 2 is 2.07 bits per heavy atom. The number of nitrogens with zero attached hydrogens (tertiary/aromatic N) is 5. The van der Waals surface area contributed by atoms with Gasteiger partial charge < -0.3 is 20.9 Å². The molecule has 5 aromatic rings. The van der Waals surface area contributed by atoms with Crippen LogP contribution in [0.4, 0.5) is 15.9 Å². The van der Waals surface area contributed by atoms with E-state index in [2.05, 4.69) is 30.7 Å². The number of aryl methyl sites for hydroxylation is 1. The van der Waals surface area contributed by atoms with E-state index in [0.29, 0.717) is 29.3 Å². The van der Waals surface area contributed by atoms with Crippen molar-refractivity contribution in [2.75, 3.05) is 11.1 Å². The van der Waals surface area contributed by atoms with Crippen LogP contribution in [0, 0.1) is 12.7 Å². The minimum Gasteiger partial charge on any atom is -0.384 e. The second kappa shape index (κ2) is 10.2. The van der Waals surface area contributed by atoms with Gasteiger partial charge in [-0.3, -0.25) is 23.9 Å². The van der Waals surface area contributed by atoms with Gasteiger partial charge in [0, 0.05) is 44.5 Å². The first-order valence-electron chi connectivity index (χ1n) is 12.6. The Kier molecular flexibility index (Phi) is 6.53. The number of amides is 2. The monoisotopic (exact) mass is 574 g/mol. The molecule has 1 aliphatic rings. The number of aromatic nitrogens is 5. The number of thiophene rings is 1. The van der Waals surface area contributed by atoms with Crippen LogP contribution in [-0.2, 0) is 11.3 Å². The summed E-state index contributed by atoms with van der Waals surface area (Å²) in [7, 11) is 0. The highest BCUT2D eigenvalue weighted by atomic mass is 32.1. The summed E-state index contributed by atoms with van der Waals surface area (Å²) < 4.78 is 22.4. The highest BCUT2D eigenvalue weighted by molar-refractivity contribution is 7.19. The summed E-state index contributed by atoms with van der Waals surface area (Å²) in [5, 5.41) is 9.74. The predicted molar refractivity (Wildman–Crippen MR) is 149 cm³/mol. The van der Waals surface area contributed by atoms with Crippen molar-refractivity contribution in [3.05, 3.63) is 81.1 Å². The first-order valence-corrected chi connectivity index (χ1v) is 13.4. The summed E-state index contributed by atoms with van der Waals surface area (Å²) in [5.74, 6) is -1.94. The lowest BCUT2D eigenvalue weighted by Gasteiger charge is -2.15. The van der Waals surface area contributed by atoms with Gasteiger partial charge in [-0.25, -0.2) is 9.97 Å². The summed E-state index contributed by atoms with van der Waals surface area (Å²) >= 11 is 1.48. The van der Waals surface area contributed by atoms with Gasteiger partial charge in [-0.2, -0.15) is 4.39 Å². The Hall–Kier alpha value is -4.98. The zero-order valence-electron chi connectivity index (χ0n) is 21.8. The standard InChI is InChI=1S/C27H23FN8O4S/c1-12-6-18(25(37)33-10-15-7-14-9-31-20(29)8-19(14)41-15)36-24(12)32-11-17(27(36)39)34-26(38)22-21(28)23(40-35-22)16-4-3-5-30-13(16)2/h3-5,7-9,11-12,18H,6,10H2,1-2H3,(H2,29,31)(H,33,37)(H,34,38)/t12-,18+/m1/s1. The number of nitrogens with one attached hydrogen (secondary N) is 2. The molecule has 1 aliphatic heterocycles. The van der Waals surface area contributed by atoms with E-state index in [0.717, 1.165) is 15.0 Å². The molecule has 41 heavy (non-hydrogen) atoms. The Bertz CT molecular complexity index is 1900. The van der Waals surface area contributed by atoms with Crippen LogP contribution in [0.3, 0.4) is 0 Å². The molecule has 0 unspecified atom stereocenters. The van der Waals surface area contributed by atoms with Crippen LogP contribution in [0.1, 0.15) is 52.2 Å². The molecule has 5 aromatic heterocycles. The minimum absolute atomic E-state index is 0.181. The third-order valence-corrected chi connectivity index (χ3v) is 8.01. The van der Waals surface area contributed by atoms with Crippen molar-refractivity contribution in [2.45, 2.75) is 38.8 Å². The fourth-order valence-electron chi connectivity index (χ4n) is 4.88. The van der Waals surface area contributed by atoms with Gasteiger partial charge in [-0.1, -0.05) is 12.1 Å². The van der Waals surface area contributed by atoms with Crippen molar-refractivity contribution in [3.63, 3.8) is 0 Å². The van der Waals surface area contributed by atoms with Crippen LogP contribution in [0.15, 0.2) is 52.2 Å². The van der Waals surface area contributed by atoms with E-state index in [1.54, 1.807) is 37.5 Å². The number of pyridine rings is 2. The van der Waals surface area contributed by atoms with Gasteiger partial charge >= 0.3 is 0 Å². The minimum atomic E-state index is -0.995. The van der Waals surface area contributed by atoms with E-state index in [4.69, 9.17) is 10.3 Å². The van der Waals surface area contributed by atoms with Gasteiger partial charge in [-0.15, -0.1) is 11.3 Å². The molecule has 208 valence electrons. The van der Waals surface area contributed by atoms with Gasteiger partial charge in [0.2, 0.25) is 23.2 Å². The van der Waals surface area contributed by atoms with Crippen LogP contribution < -0.4 is 21.9 Å². The number of carbonyl (C=O) groups excluding carboxylic acids is 2. The first-order chi connectivity index (χ1) is 19.7. The number of fused-ring (bicyclic) bond motifs is 2. The van der Waals surface area contributed by atoms with E-state index in [-0.39, 0.29) is 29.8 Å². The van der Waals surface area contributed by atoms with E-state index in [1.165, 1.54) is 22.1 Å². The highest BCUT2D eigenvalue weighted by Crippen LogP contribution is 2.34. The van der Waals surface area contributed by atoms with Crippen molar-refractivity contribution >= 4 is 44.7 Å². The second-order valence-corrected chi connectivity index (χ2v) is 10.9. The summed E-state index contributed by atoms with van der Waals surface area (Å²) in [6, 6.07) is 6.04. The fourth-order valence-corrected chi connectivity index (χ4v) is 5.90. The van der Waals surface area contributed by atoms with Gasteiger partial charge in [0.1, 0.15) is 23.4 Å². The van der Waals surface area contributed by atoms with Crippen molar-refractivity contribution < 1.29 is 18.5 Å². The molecule has 0 fully saturated rings. The molecule has 2 atom stereocenters. The van der Waals surface area contributed by atoms with Crippen LogP contribution in [0.2, 0.25) is 0 Å². The summed E-state index contributed by atoms with van der Waals surface area (Å²) in [6.45, 7) is 3.78. The number of hydrogen-bond acceptors (Lipinski definition) is 10. The molecule has 0 aromatic carbocycles. The number of anilines is 2. The molecule has 2 amide bonds. The lowest BCUT2D eigenvalue weighted by atomic mass is 10.1. The van der Waals surface area contributed by atoms with E-state index in [9.17, 15) is 14.4 Å². The van der Waals surface area contributed by atoms with Gasteiger partial charge in [-0.05, 0) is 37.6 Å². The molecule has 4 N–H and O–H groups in total. The molecule has 0 saturated carbocycles. The lowest BCUT2D eigenvalue weighted by Crippen LogP contribution is -2.36. The third-order valence-electron chi connectivity index (χ3n) is 6.91. The van der Waals surface area contributed by atoms with Crippen LogP contribution in [0.5, 0.6) is 0 Å². The number of nitrogen functional groups attached to an aromatic ring is 1. The maximum Gasteiger partial charge on any atom is 0.281 e. The Balaban J connectivity index is 1.21. The molecule has 0 bridgehead atoms. The first kappa shape index (κ1) is 26.3. The van der Waals surface area contributed by atoms with E-state index in [1.807, 2.05) is 13.0 Å². The van der Waals surface area contributed by atoms with Crippen LogP contribution in [-0.4, -0.2) is 36.5 Å². The molecule has 6 rings (SSSR count). The van der Waals surface area contributed by atoms with Crippen LogP contribution in [0.25, 0.3) is 21.4 Å². The highest BCUT2D eigenvalue weighted by Gasteiger charge is 2.36. The van der Waals surface area contributed by atoms with Gasteiger partial charge in [0.05, 0.1) is 12.7 Å². The molecular weight excluding hydrogens is 551 g/mol. The van der Waals surface area contributed by atoms with Gasteiger partial charge in [0.15, 0.2) is 0 Å². The zero-order chi connectivity index (χ0) is 28.8. The number of nitrogens with two attached hydrogens (primary N) is 1. The molecule has 0 spiro atoms. The fraction of sp³-hybridized carbons (Fsp3) is 0.222. The average molecular weight is 575 g/mol. The molecule has 0 aliphatic carbocycles. The molecular formula is C27H23FN8O4S. The molecule has 12 nitrogen and oxygen atoms in total. The lowest BCUT2D eigenvalue weighted by molar-refractivity contribution is -0.124. The number of carbonyl (C=O) groups is 2. The Morgan fingerprint density at radius 3 is 2.88 bits per heavy atom. The number of hydrogen-bond donors (Lipinski definition) is 3. The van der Waals surface area contributed by atoms with Crippen molar-refractivity contribution in [3.8, 4) is 11.3 Å².